The molecule has 0 aliphatic rings. The van der Waals surface area contributed by atoms with E-state index in [9.17, 15) is 0 Å². The molecule has 0 bridgehead atoms. The van der Waals surface area contributed by atoms with Crippen LogP contribution in [0.25, 0.3) is 11.0 Å². The molecule has 1 aromatic heterocycles. The molecule has 1 N–H and O–H groups in total. The van der Waals surface area contributed by atoms with Crippen LogP contribution in [0.1, 0.15) is 12.5 Å². The van der Waals surface area contributed by atoms with E-state index in [0.29, 0.717) is 18.3 Å². The molecule has 1 heterocycles. The second kappa shape index (κ2) is 9.21. The fraction of sp³-hybridized carbons (Fsp3) is 0.167. The lowest BCUT2D eigenvalue weighted by Crippen LogP contribution is -2.08. The van der Waals surface area contributed by atoms with Gasteiger partial charge in [-0.3, -0.25) is 5.43 Å². The molecule has 4 rings (SSSR count). The van der Waals surface area contributed by atoms with E-state index in [1.807, 2.05) is 85.7 Å². The number of nitrogens with zero attached hydrogens (tertiary/aromatic N) is 6. The lowest BCUT2D eigenvalue weighted by atomic mass is 10.2. The molecule has 4 aromatic rings. The number of para-hydroxylation sites is 2. The highest BCUT2D eigenvalue weighted by Gasteiger charge is 2.10. The first kappa shape index (κ1) is 20.3. The number of amidine groups is 1. The van der Waals surface area contributed by atoms with Crippen LogP contribution >= 0.6 is 0 Å². The fourth-order valence-corrected chi connectivity index (χ4v) is 3.18. The van der Waals surface area contributed by atoms with Gasteiger partial charge in [-0.25, -0.2) is 4.98 Å². The third-order valence-corrected chi connectivity index (χ3v) is 4.83. The van der Waals surface area contributed by atoms with Gasteiger partial charge >= 0.3 is 0 Å². The summed E-state index contributed by atoms with van der Waals surface area (Å²) in [6.45, 7) is 2.47. The van der Waals surface area contributed by atoms with Crippen LogP contribution in [0.3, 0.4) is 0 Å². The molecule has 0 aliphatic carbocycles. The lowest BCUT2D eigenvalue weighted by Gasteiger charge is -2.12. The van der Waals surface area contributed by atoms with E-state index in [1.165, 1.54) is 5.56 Å². The van der Waals surface area contributed by atoms with Crippen molar-refractivity contribution >= 4 is 34.2 Å². The van der Waals surface area contributed by atoms with Crippen molar-refractivity contribution in [1.29, 1.82) is 0 Å². The van der Waals surface area contributed by atoms with Gasteiger partial charge in [0.1, 0.15) is 0 Å². The molecule has 0 spiro atoms. The van der Waals surface area contributed by atoms with Gasteiger partial charge in [0.15, 0.2) is 5.84 Å². The van der Waals surface area contributed by atoms with E-state index in [-0.39, 0.29) is 0 Å². The Morgan fingerprint density at radius 1 is 0.935 bits per heavy atom. The van der Waals surface area contributed by atoms with Crippen molar-refractivity contribution < 1.29 is 0 Å². The Morgan fingerprint density at radius 2 is 1.65 bits per heavy atom. The molecule has 0 radical (unpaired) electrons. The molecule has 0 unspecified atom stereocenters. The zero-order valence-corrected chi connectivity index (χ0v) is 17.9. The molecule has 0 amide bonds. The third-order valence-electron chi connectivity index (χ3n) is 4.83. The van der Waals surface area contributed by atoms with Crippen molar-refractivity contribution in [3.05, 3.63) is 84.4 Å². The van der Waals surface area contributed by atoms with Gasteiger partial charge in [0.2, 0.25) is 0 Å². The number of imidazole rings is 1. The number of rotatable bonds is 6. The smallest absolute Gasteiger partial charge is 0.250 e. The number of benzene rings is 3. The van der Waals surface area contributed by atoms with Crippen LogP contribution in [0.2, 0.25) is 0 Å². The SMILES string of the molecule is CC(N=Nc1nc2ccccc2n1Cc1ccccc1)=NNc1ccc(N(C)C)cc1. The zero-order valence-electron chi connectivity index (χ0n) is 17.9. The largest absolute Gasteiger partial charge is 0.378 e. The van der Waals surface area contributed by atoms with Gasteiger partial charge in [-0.1, -0.05) is 42.5 Å². The molecule has 3 aromatic carbocycles. The van der Waals surface area contributed by atoms with E-state index >= 15 is 0 Å². The molecule has 0 fully saturated rings. The maximum Gasteiger partial charge on any atom is 0.250 e. The standard InChI is InChI=1S/C24H25N7/c1-18(26-28-20-13-15-21(16-14-20)30(2)3)27-29-24-25-22-11-7-8-12-23(22)31(24)17-19-9-5-4-6-10-19/h4-16,28H,17H2,1-3H3. The predicted molar refractivity (Wildman–Crippen MR) is 127 cm³/mol. The molecule has 0 aliphatic heterocycles. The minimum Gasteiger partial charge on any atom is -0.378 e. The van der Waals surface area contributed by atoms with Gasteiger partial charge in [-0.2, -0.15) is 5.10 Å². The van der Waals surface area contributed by atoms with Gasteiger partial charge in [-0.05, 0) is 48.9 Å². The van der Waals surface area contributed by atoms with Gasteiger partial charge in [0.05, 0.1) is 23.3 Å². The highest BCUT2D eigenvalue weighted by atomic mass is 15.3. The Balaban J connectivity index is 1.54. The van der Waals surface area contributed by atoms with Crippen LogP contribution in [0.4, 0.5) is 17.3 Å². The Labute approximate surface area is 181 Å². The van der Waals surface area contributed by atoms with Crippen LogP contribution < -0.4 is 10.3 Å². The molecule has 0 saturated carbocycles. The number of anilines is 2. The zero-order chi connectivity index (χ0) is 21.6. The molecule has 7 heteroatoms. The quantitative estimate of drug-likeness (QED) is 0.192. The number of hydrogen-bond donors (Lipinski definition) is 1. The first-order valence-electron chi connectivity index (χ1n) is 10.1. The van der Waals surface area contributed by atoms with Crippen LogP contribution in [-0.2, 0) is 6.54 Å². The summed E-state index contributed by atoms with van der Waals surface area (Å²) in [5.74, 6) is 1.06. The topological polar surface area (TPSA) is 70.2 Å². The average Bonchev–Trinajstić information content (AvgIpc) is 3.14. The molecule has 156 valence electrons. The molecule has 31 heavy (non-hydrogen) atoms. The first-order chi connectivity index (χ1) is 15.1. The van der Waals surface area contributed by atoms with Crippen molar-refractivity contribution in [2.75, 3.05) is 24.4 Å². The number of hydrazone groups is 1. The van der Waals surface area contributed by atoms with Gasteiger partial charge < -0.3 is 9.47 Å². The van der Waals surface area contributed by atoms with E-state index in [4.69, 9.17) is 0 Å². The average molecular weight is 412 g/mol. The maximum atomic E-state index is 4.65. The number of hydrogen-bond acceptors (Lipinski definition) is 5. The van der Waals surface area contributed by atoms with Gasteiger partial charge in [-0.15, -0.1) is 10.2 Å². The van der Waals surface area contributed by atoms with Crippen molar-refractivity contribution in [3.63, 3.8) is 0 Å². The van der Waals surface area contributed by atoms with E-state index in [2.05, 4.69) is 42.4 Å². The van der Waals surface area contributed by atoms with Crippen LogP contribution in [0, 0.1) is 0 Å². The summed E-state index contributed by atoms with van der Waals surface area (Å²) in [6.07, 6.45) is 0. The summed E-state index contributed by atoms with van der Waals surface area (Å²) < 4.78 is 2.06. The molecule has 0 atom stereocenters. The van der Waals surface area contributed by atoms with Crippen molar-refractivity contribution in [3.8, 4) is 0 Å². The van der Waals surface area contributed by atoms with E-state index in [0.717, 1.165) is 22.4 Å². The highest BCUT2D eigenvalue weighted by Crippen LogP contribution is 2.23. The van der Waals surface area contributed by atoms with Gasteiger partial charge in [0.25, 0.3) is 5.95 Å². The summed E-state index contributed by atoms with van der Waals surface area (Å²) in [7, 11) is 4.02. The minimum atomic E-state index is 0.509. The van der Waals surface area contributed by atoms with Crippen LogP contribution in [0.15, 0.2) is 94.2 Å². The number of aromatic nitrogens is 2. The third kappa shape index (κ3) is 4.95. The molecular formula is C24H25N7. The highest BCUT2D eigenvalue weighted by molar-refractivity contribution is 5.81. The van der Waals surface area contributed by atoms with E-state index in [1.54, 1.807) is 6.92 Å². The Morgan fingerprint density at radius 3 is 2.39 bits per heavy atom. The minimum absolute atomic E-state index is 0.509. The monoisotopic (exact) mass is 411 g/mol. The fourth-order valence-electron chi connectivity index (χ4n) is 3.18. The summed E-state index contributed by atoms with van der Waals surface area (Å²) in [5.41, 5.74) is 8.12. The van der Waals surface area contributed by atoms with Crippen molar-refractivity contribution in [2.24, 2.45) is 15.3 Å². The molecule has 7 nitrogen and oxygen atoms in total. The number of fused-ring (bicyclic) bond motifs is 1. The Hall–Kier alpha value is -4.00. The molecular weight excluding hydrogens is 386 g/mol. The van der Waals surface area contributed by atoms with Crippen molar-refractivity contribution in [2.45, 2.75) is 13.5 Å². The lowest BCUT2D eigenvalue weighted by molar-refractivity contribution is 0.817. The summed E-state index contributed by atoms with van der Waals surface area (Å²) >= 11 is 0. The Kier molecular flexibility index (Phi) is 6.03. The second-order valence-corrected chi connectivity index (χ2v) is 7.38. The molecule has 0 saturated heterocycles. The number of azo groups is 1. The van der Waals surface area contributed by atoms with Crippen LogP contribution in [-0.4, -0.2) is 29.5 Å². The summed E-state index contributed by atoms with van der Waals surface area (Å²) in [4.78, 5) is 6.70. The Bertz CT molecular complexity index is 1210. The first-order valence-corrected chi connectivity index (χ1v) is 10.1. The predicted octanol–water partition coefficient (Wildman–Crippen LogP) is 5.68. The van der Waals surface area contributed by atoms with Crippen molar-refractivity contribution in [1.82, 2.24) is 9.55 Å². The maximum absolute atomic E-state index is 4.65. The van der Waals surface area contributed by atoms with Crippen LogP contribution in [0.5, 0.6) is 0 Å². The van der Waals surface area contributed by atoms with E-state index < -0.39 is 0 Å². The summed E-state index contributed by atoms with van der Waals surface area (Å²) in [5, 5.41) is 13.0. The number of nitrogens with one attached hydrogen (secondary N) is 1. The normalized spacial score (nSPS) is 11.9. The van der Waals surface area contributed by atoms with Gasteiger partial charge in [0, 0.05) is 19.8 Å². The summed E-state index contributed by atoms with van der Waals surface area (Å²) in [6, 6.07) is 26.3. The second-order valence-electron chi connectivity index (χ2n) is 7.38.